The third-order valence-corrected chi connectivity index (χ3v) is 8.26. The maximum absolute atomic E-state index is 6.58. The Labute approximate surface area is 247 Å². The molecule has 7 aromatic carbocycles. The van der Waals surface area contributed by atoms with Crippen LogP contribution in [0.2, 0.25) is 0 Å². The van der Waals surface area contributed by atoms with E-state index >= 15 is 0 Å². The van der Waals surface area contributed by atoms with Crippen molar-refractivity contribution in [2.75, 3.05) is 4.90 Å². The Morgan fingerprint density at radius 1 is 0.419 bits per heavy atom. The molecule has 0 aliphatic rings. The summed E-state index contributed by atoms with van der Waals surface area (Å²) in [4.78, 5) is 7.34. The van der Waals surface area contributed by atoms with Crippen molar-refractivity contribution in [3.63, 3.8) is 0 Å². The van der Waals surface area contributed by atoms with Crippen LogP contribution in [0.25, 0.3) is 66.0 Å². The van der Waals surface area contributed by atoms with Crippen LogP contribution in [0.1, 0.15) is 0 Å². The summed E-state index contributed by atoms with van der Waals surface area (Å²) in [6, 6.07) is 50.2. The van der Waals surface area contributed by atoms with Gasteiger partial charge in [-0.05, 0) is 65.4 Å². The van der Waals surface area contributed by atoms with Gasteiger partial charge in [-0.1, -0.05) is 91.0 Å². The maximum Gasteiger partial charge on any atom is 0.227 e. The van der Waals surface area contributed by atoms with Crippen molar-refractivity contribution in [3.05, 3.63) is 146 Å². The molecule has 0 atom stereocenters. The Morgan fingerprint density at radius 2 is 1.05 bits per heavy atom. The second-order valence-corrected chi connectivity index (χ2v) is 10.8. The van der Waals surface area contributed by atoms with Crippen molar-refractivity contribution >= 4 is 71.6 Å². The van der Waals surface area contributed by atoms with Crippen LogP contribution in [0.4, 0.5) is 17.1 Å². The van der Waals surface area contributed by atoms with Gasteiger partial charge in [0.2, 0.25) is 5.89 Å². The Hall–Kier alpha value is -5.87. The smallest absolute Gasteiger partial charge is 0.227 e. The summed E-state index contributed by atoms with van der Waals surface area (Å²) in [6.07, 6.45) is 0. The first-order valence-corrected chi connectivity index (χ1v) is 14.4. The van der Waals surface area contributed by atoms with Gasteiger partial charge in [0.1, 0.15) is 16.7 Å². The first-order chi connectivity index (χ1) is 21.3. The fourth-order valence-corrected chi connectivity index (χ4v) is 6.30. The largest absolute Gasteiger partial charge is 0.456 e. The normalized spacial score (nSPS) is 11.7. The zero-order valence-electron chi connectivity index (χ0n) is 23.1. The van der Waals surface area contributed by atoms with E-state index in [2.05, 4.69) is 132 Å². The number of hydrogen-bond acceptors (Lipinski definition) is 4. The molecular formula is C39H24N2O2. The van der Waals surface area contributed by atoms with Crippen molar-refractivity contribution in [3.8, 4) is 11.5 Å². The van der Waals surface area contributed by atoms with E-state index in [1.54, 1.807) is 0 Å². The van der Waals surface area contributed by atoms with Crippen molar-refractivity contribution < 1.29 is 8.83 Å². The fraction of sp³-hybridized carbons (Fsp3) is 0. The summed E-state index contributed by atoms with van der Waals surface area (Å²) in [5.74, 6) is 0.600. The van der Waals surface area contributed by atoms with Crippen LogP contribution >= 0.6 is 0 Å². The van der Waals surface area contributed by atoms with E-state index in [0.717, 1.165) is 66.4 Å². The number of fused-ring (bicyclic) bond motifs is 9. The molecule has 0 aliphatic heterocycles. The molecule has 4 heteroatoms. The zero-order chi connectivity index (χ0) is 28.3. The Kier molecular flexibility index (Phi) is 5.16. The van der Waals surface area contributed by atoms with E-state index in [0.29, 0.717) is 5.89 Å². The lowest BCUT2D eigenvalue weighted by Gasteiger charge is -2.25. The number of aromatic nitrogens is 1. The molecule has 4 nitrogen and oxygen atoms in total. The van der Waals surface area contributed by atoms with Crippen LogP contribution in [0.3, 0.4) is 0 Å². The molecule has 0 radical (unpaired) electrons. The van der Waals surface area contributed by atoms with E-state index in [-0.39, 0.29) is 0 Å². The Morgan fingerprint density at radius 3 is 1.88 bits per heavy atom. The van der Waals surface area contributed by atoms with Crippen LogP contribution in [-0.4, -0.2) is 4.98 Å². The number of rotatable bonds is 4. The quantitative estimate of drug-likeness (QED) is 0.204. The van der Waals surface area contributed by atoms with Crippen molar-refractivity contribution in [2.24, 2.45) is 0 Å². The van der Waals surface area contributed by atoms with Crippen LogP contribution in [0, 0.1) is 0 Å². The fourth-order valence-electron chi connectivity index (χ4n) is 6.30. The highest BCUT2D eigenvalue weighted by Gasteiger charge is 2.19. The lowest BCUT2D eigenvalue weighted by Crippen LogP contribution is -2.09. The predicted octanol–water partition coefficient (Wildman–Crippen LogP) is 11.2. The summed E-state index contributed by atoms with van der Waals surface area (Å²) in [6.45, 7) is 0. The third-order valence-electron chi connectivity index (χ3n) is 8.26. The molecule has 9 rings (SSSR count). The lowest BCUT2D eigenvalue weighted by atomic mass is 10.0. The SMILES string of the molecule is c1ccc(N(c2cccc(-c3nc4c5ccccc5c5ccccc5c4o3)c2)c2ccc3oc4ccccc4c3c2)cc1. The van der Waals surface area contributed by atoms with Gasteiger partial charge in [0.25, 0.3) is 0 Å². The van der Waals surface area contributed by atoms with E-state index < -0.39 is 0 Å². The van der Waals surface area contributed by atoms with Gasteiger partial charge in [-0.25, -0.2) is 4.98 Å². The molecule has 0 aliphatic carbocycles. The standard InChI is InChI=1S/C39H24N2O2/c1-2-12-26(13-3-1)41(28-21-22-36-34(24-28)31-17-8-9-20-35(31)42-36)27-14-10-11-25(23-27)39-40-37-32-18-6-4-15-29(32)30-16-5-7-19-33(30)38(37)43-39/h1-24H. The number of anilines is 3. The summed E-state index contributed by atoms with van der Waals surface area (Å²) < 4.78 is 12.7. The number of benzene rings is 7. The monoisotopic (exact) mass is 552 g/mol. The average Bonchev–Trinajstić information content (AvgIpc) is 3.69. The molecule has 0 spiro atoms. The number of hydrogen-bond donors (Lipinski definition) is 0. The first-order valence-electron chi connectivity index (χ1n) is 14.4. The van der Waals surface area contributed by atoms with Crippen LogP contribution in [0.15, 0.2) is 154 Å². The third kappa shape index (κ3) is 3.74. The molecule has 0 saturated heterocycles. The van der Waals surface area contributed by atoms with E-state index in [4.69, 9.17) is 13.8 Å². The maximum atomic E-state index is 6.58. The molecule has 0 bridgehead atoms. The molecule has 0 N–H and O–H groups in total. The second-order valence-electron chi connectivity index (χ2n) is 10.8. The van der Waals surface area contributed by atoms with Crippen molar-refractivity contribution in [1.82, 2.24) is 4.98 Å². The van der Waals surface area contributed by atoms with Crippen molar-refractivity contribution in [2.45, 2.75) is 0 Å². The molecule has 0 amide bonds. The highest BCUT2D eigenvalue weighted by atomic mass is 16.3. The number of nitrogens with zero attached hydrogens (tertiary/aromatic N) is 2. The molecular weight excluding hydrogens is 528 g/mol. The van der Waals surface area contributed by atoms with Gasteiger partial charge in [0.05, 0.1) is 0 Å². The minimum atomic E-state index is 0.600. The van der Waals surface area contributed by atoms with E-state index in [9.17, 15) is 0 Å². The van der Waals surface area contributed by atoms with E-state index in [1.165, 1.54) is 10.8 Å². The number of para-hydroxylation sites is 2. The predicted molar refractivity (Wildman–Crippen MR) is 176 cm³/mol. The van der Waals surface area contributed by atoms with Gasteiger partial charge < -0.3 is 13.7 Å². The minimum Gasteiger partial charge on any atom is -0.456 e. The number of oxazole rings is 1. The van der Waals surface area contributed by atoms with Crippen molar-refractivity contribution in [1.29, 1.82) is 0 Å². The lowest BCUT2D eigenvalue weighted by molar-refractivity contribution is 0.623. The molecule has 0 fully saturated rings. The summed E-state index contributed by atoms with van der Waals surface area (Å²) in [7, 11) is 0. The van der Waals surface area contributed by atoms with Crippen LogP contribution in [0.5, 0.6) is 0 Å². The van der Waals surface area contributed by atoms with Gasteiger partial charge in [0.15, 0.2) is 5.58 Å². The Bertz CT molecular complexity index is 2400. The number of furan rings is 1. The van der Waals surface area contributed by atoms with Gasteiger partial charge in [0, 0.05) is 44.2 Å². The highest BCUT2D eigenvalue weighted by molar-refractivity contribution is 6.22. The van der Waals surface area contributed by atoms with E-state index in [1.807, 2.05) is 18.2 Å². The average molecular weight is 553 g/mol. The van der Waals surface area contributed by atoms with Crippen LogP contribution < -0.4 is 4.90 Å². The summed E-state index contributed by atoms with van der Waals surface area (Å²) >= 11 is 0. The van der Waals surface area contributed by atoms with Gasteiger partial charge >= 0.3 is 0 Å². The molecule has 43 heavy (non-hydrogen) atoms. The molecule has 2 heterocycles. The summed E-state index contributed by atoms with van der Waals surface area (Å²) in [5.41, 5.74) is 7.47. The summed E-state index contributed by atoms with van der Waals surface area (Å²) in [5, 5.41) is 6.69. The second kappa shape index (κ2) is 9.33. The zero-order valence-corrected chi connectivity index (χ0v) is 23.1. The van der Waals surface area contributed by atoms with Gasteiger partial charge in [-0.2, -0.15) is 0 Å². The first kappa shape index (κ1) is 23.8. The van der Waals surface area contributed by atoms with Crippen LogP contribution in [-0.2, 0) is 0 Å². The van der Waals surface area contributed by atoms with Gasteiger partial charge in [-0.15, -0.1) is 0 Å². The highest BCUT2D eigenvalue weighted by Crippen LogP contribution is 2.41. The topological polar surface area (TPSA) is 42.4 Å². The van der Waals surface area contributed by atoms with Gasteiger partial charge in [-0.3, -0.25) is 0 Å². The Balaban J connectivity index is 1.24. The molecule has 0 saturated carbocycles. The minimum absolute atomic E-state index is 0.600. The molecule has 202 valence electrons. The molecule has 0 unspecified atom stereocenters. The molecule has 9 aromatic rings. The molecule has 2 aromatic heterocycles.